The first kappa shape index (κ1) is 11.5. The summed E-state index contributed by atoms with van der Waals surface area (Å²) in [5.41, 5.74) is 1.33. The molecule has 68 valence electrons. The fourth-order valence-electron chi connectivity index (χ4n) is 0.981. The van der Waals surface area contributed by atoms with Gasteiger partial charge < -0.3 is 0 Å². The molecule has 0 heterocycles. The van der Waals surface area contributed by atoms with Crippen LogP contribution in [0.15, 0.2) is 24.3 Å². The van der Waals surface area contributed by atoms with Crippen molar-refractivity contribution in [1.82, 2.24) is 0 Å². The summed E-state index contributed by atoms with van der Waals surface area (Å²) in [6, 6.07) is 8.02. The van der Waals surface area contributed by atoms with Gasteiger partial charge in [0.2, 0.25) is 0 Å². The highest BCUT2D eigenvalue weighted by molar-refractivity contribution is 6.30. The molecule has 12 heavy (non-hydrogen) atoms. The number of hydrogen-bond donors (Lipinski definition) is 0. The third-order valence-corrected chi connectivity index (χ3v) is 1.66. The van der Waals surface area contributed by atoms with Crippen LogP contribution in [-0.4, -0.2) is 0 Å². The average molecular weight is 185 g/mol. The molecule has 1 heteroatoms. The number of benzene rings is 1. The van der Waals surface area contributed by atoms with Crippen LogP contribution in [0.4, 0.5) is 0 Å². The summed E-state index contributed by atoms with van der Waals surface area (Å²) in [4.78, 5) is 0. The first-order chi connectivity index (χ1) is 5.83. The molecular weight excluding hydrogens is 168 g/mol. The molecule has 1 aromatic carbocycles. The average Bonchev–Trinajstić information content (AvgIpc) is 2.09. The number of halogens is 1. The fraction of sp³-hybridized carbons (Fsp3) is 0.455. The van der Waals surface area contributed by atoms with E-state index in [1.807, 2.05) is 32.0 Å². The highest BCUT2D eigenvalue weighted by atomic mass is 35.5. The van der Waals surface area contributed by atoms with E-state index in [4.69, 9.17) is 11.6 Å². The summed E-state index contributed by atoms with van der Waals surface area (Å²) in [7, 11) is 0. The van der Waals surface area contributed by atoms with Crippen LogP contribution < -0.4 is 0 Å². The lowest BCUT2D eigenvalue weighted by Gasteiger charge is -1.96. The van der Waals surface area contributed by atoms with E-state index in [0.29, 0.717) is 0 Å². The van der Waals surface area contributed by atoms with Crippen molar-refractivity contribution in [3.8, 4) is 0 Å². The Morgan fingerprint density at radius 1 is 1.25 bits per heavy atom. The van der Waals surface area contributed by atoms with E-state index in [1.54, 1.807) is 0 Å². The van der Waals surface area contributed by atoms with Crippen molar-refractivity contribution in [2.45, 2.75) is 33.6 Å². The minimum absolute atomic E-state index is 0.839. The molecule has 0 bridgehead atoms. The molecule has 0 fully saturated rings. The zero-order valence-corrected chi connectivity index (χ0v) is 8.86. The van der Waals surface area contributed by atoms with Gasteiger partial charge in [-0.25, -0.2) is 0 Å². The van der Waals surface area contributed by atoms with Crippen molar-refractivity contribution in [3.05, 3.63) is 34.9 Å². The van der Waals surface area contributed by atoms with Gasteiger partial charge in [-0.2, -0.15) is 0 Å². The molecule has 0 nitrogen and oxygen atoms in total. The fourth-order valence-corrected chi connectivity index (χ4v) is 1.19. The monoisotopic (exact) mass is 184 g/mol. The lowest BCUT2D eigenvalue weighted by Crippen LogP contribution is -1.80. The maximum Gasteiger partial charge on any atom is 0.0408 e. The summed E-state index contributed by atoms with van der Waals surface area (Å²) >= 11 is 5.78. The maximum atomic E-state index is 5.78. The van der Waals surface area contributed by atoms with Gasteiger partial charge in [0.15, 0.2) is 0 Å². The second-order valence-electron chi connectivity index (χ2n) is 2.38. The molecule has 0 aliphatic heterocycles. The number of hydrogen-bond acceptors (Lipinski definition) is 0. The minimum atomic E-state index is 0.839. The molecule has 0 saturated carbocycles. The lowest BCUT2D eigenvalue weighted by atomic mass is 10.1. The number of aryl methyl sites for hydroxylation is 1. The van der Waals surface area contributed by atoms with Crippen molar-refractivity contribution in [3.63, 3.8) is 0 Å². The maximum absolute atomic E-state index is 5.78. The normalized spacial score (nSPS) is 8.67. The van der Waals surface area contributed by atoms with Gasteiger partial charge in [-0.3, -0.25) is 0 Å². The third kappa shape index (κ3) is 4.40. The Morgan fingerprint density at radius 2 is 1.92 bits per heavy atom. The lowest BCUT2D eigenvalue weighted by molar-refractivity contribution is 0.922. The zero-order valence-electron chi connectivity index (χ0n) is 8.10. The Balaban J connectivity index is 0.000000561. The minimum Gasteiger partial charge on any atom is -0.0843 e. The summed E-state index contributed by atoms with van der Waals surface area (Å²) < 4.78 is 0. The second kappa shape index (κ2) is 7.17. The molecular formula is C11H17Cl. The van der Waals surface area contributed by atoms with Crippen molar-refractivity contribution in [2.24, 2.45) is 0 Å². The van der Waals surface area contributed by atoms with Crippen LogP contribution in [0.5, 0.6) is 0 Å². The van der Waals surface area contributed by atoms with Crippen LogP contribution in [0, 0.1) is 0 Å². The van der Waals surface area contributed by atoms with Gasteiger partial charge >= 0.3 is 0 Å². The molecule has 0 aliphatic carbocycles. The summed E-state index contributed by atoms with van der Waals surface area (Å²) in [6.45, 7) is 6.17. The van der Waals surface area contributed by atoms with Crippen molar-refractivity contribution in [1.29, 1.82) is 0 Å². The van der Waals surface area contributed by atoms with Crippen LogP contribution in [0.3, 0.4) is 0 Å². The predicted molar refractivity (Wildman–Crippen MR) is 56.8 cm³/mol. The summed E-state index contributed by atoms with van der Waals surface area (Å²) in [5.74, 6) is 0. The van der Waals surface area contributed by atoms with Crippen LogP contribution in [0.2, 0.25) is 5.02 Å². The van der Waals surface area contributed by atoms with Gasteiger partial charge in [0.25, 0.3) is 0 Å². The summed E-state index contributed by atoms with van der Waals surface area (Å²) in [6.07, 6.45) is 2.31. The molecule has 0 amide bonds. The molecule has 0 radical (unpaired) electrons. The van der Waals surface area contributed by atoms with Crippen LogP contribution in [0.1, 0.15) is 32.8 Å². The first-order valence-corrected chi connectivity index (χ1v) is 4.95. The Morgan fingerprint density at radius 3 is 2.42 bits per heavy atom. The van der Waals surface area contributed by atoms with Crippen LogP contribution in [0.25, 0.3) is 0 Å². The quantitative estimate of drug-likeness (QED) is 0.642. The Bertz CT molecular complexity index is 206. The van der Waals surface area contributed by atoms with Crippen molar-refractivity contribution >= 4 is 11.6 Å². The van der Waals surface area contributed by atoms with E-state index < -0.39 is 0 Å². The molecule has 0 atom stereocenters. The van der Waals surface area contributed by atoms with E-state index >= 15 is 0 Å². The van der Waals surface area contributed by atoms with Crippen LogP contribution in [-0.2, 0) is 6.42 Å². The van der Waals surface area contributed by atoms with E-state index in [1.165, 1.54) is 12.0 Å². The molecule has 0 saturated heterocycles. The molecule has 0 spiro atoms. The first-order valence-electron chi connectivity index (χ1n) is 4.57. The Labute approximate surface area is 80.6 Å². The van der Waals surface area contributed by atoms with Gasteiger partial charge in [0, 0.05) is 5.02 Å². The van der Waals surface area contributed by atoms with E-state index in [-0.39, 0.29) is 0 Å². The molecule has 1 aromatic rings. The molecule has 0 aliphatic rings. The second-order valence-corrected chi connectivity index (χ2v) is 2.82. The van der Waals surface area contributed by atoms with E-state index in [9.17, 15) is 0 Å². The largest absolute Gasteiger partial charge is 0.0843 e. The number of rotatable bonds is 2. The van der Waals surface area contributed by atoms with Gasteiger partial charge in [-0.15, -0.1) is 0 Å². The van der Waals surface area contributed by atoms with Crippen molar-refractivity contribution in [2.75, 3.05) is 0 Å². The Kier molecular flexibility index (Phi) is 6.88. The van der Waals surface area contributed by atoms with Gasteiger partial charge in [0.1, 0.15) is 0 Å². The van der Waals surface area contributed by atoms with Gasteiger partial charge in [-0.1, -0.05) is 50.9 Å². The van der Waals surface area contributed by atoms with E-state index in [0.717, 1.165) is 11.4 Å². The van der Waals surface area contributed by atoms with E-state index in [2.05, 4.69) is 13.0 Å². The topological polar surface area (TPSA) is 0 Å². The standard InChI is InChI=1S/C9H11Cl.C2H6/c1-2-4-8-5-3-6-9(10)7-8;1-2/h3,5-7H,2,4H2,1H3;1-2H3. The highest BCUT2D eigenvalue weighted by Crippen LogP contribution is 2.11. The molecule has 0 aromatic heterocycles. The summed E-state index contributed by atoms with van der Waals surface area (Å²) in [5, 5.41) is 0.839. The highest BCUT2D eigenvalue weighted by Gasteiger charge is 1.90. The SMILES string of the molecule is CC.CCCc1cccc(Cl)c1. The zero-order chi connectivity index (χ0) is 9.40. The van der Waals surface area contributed by atoms with Gasteiger partial charge in [-0.05, 0) is 24.1 Å². The molecule has 0 N–H and O–H groups in total. The van der Waals surface area contributed by atoms with Crippen LogP contribution >= 0.6 is 11.6 Å². The Hall–Kier alpha value is -0.490. The predicted octanol–water partition coefficient (Wildman–Crippen LogP) is 4.32. The third-order valence-electron chi connectivity index (χ3n) is 1.43. The molecule has 1 rings (SSSR count). The van der Waals surface area contributed by atoms with Crippen molar-refractivity contribution < 1.29 is 0 Å². The molecule has 0 unspecified atom stereocenters. The van der Waals surface area contributed by atoms with Gasteiger partial charge in [0.05, 0.1) is 0 Å². The smallest absolute Gasteiger partial charge is 0.0408 e.